The lowest BCUT2D eigenvalue weighted by Gasteiger charge is -2.04. The number of anilines is 1. The number of carbonyl (C=O) groups excluding carboxylic acids is 1. The van der Waals surface area contributed by atoms with Crippen LogP contribution in [-0.4, -0.2) is 22.7 Å². The van der Waals surface area contributed by atoms with Crippen molar-refractivity contribution in [3.8, 4) is 17.2 Å². The highest BCUT2D eigenvalue weighted by atomic mass is 19.1. The van der Waals surface area contributed by atoms with Crippen LogP contribution in [-0.2, 0) is 4.79 Å². The van der Waals surface area contributed by atoms with E-state index in [4.69, 9.17) is 9.15 Å². The number of halogens is 2. The first-order chi connectivity index (χ1) is 12.1. The number of rotatable bonds is 6. The molecule has 2 aromatic carbocycles. The fourth-order valence-corrected chi connectivity index (χ4v) is 2.01. The largest absolute Gasteiger partial charge is 0.493 e. The molecule has 1 amide bonds. The van der Waals surface area contributed by atoms with Gasteiger partial charge in [0.25, 0.3) is 5.89 Å². The number of aromatic nitrogens is 2. The summed E-state index contributed by atoms with van der Waals surface area (Å²) in [7, 11) is 0. The van der Waals surface area contributed by atoms with Gasteiger partial charge < -0.3 is 9.15 Å². The maximum absolute atomic E-state index is 13.7. The van der Waals surface area contributed by atoms with E-state index in [2.05, 4.69) is 15.5 Å². The van der Waals surface area contributed by atoms with Gasteiger partial charge in [-0.1, -0.05) is 23.3 Å². The van der Waals surface area contributed by atoms with Gasteiger partial charge in [0.2, 0.25) is 5.91 Å². The molecule has 25 heavy (non-hydrogen) atoms. The van der Waals surface area contributed by atoms with E-state index in [0.29, 0.717) is 11.8 Å². The summed E-state index contributed by atoms with van der Waals surface area (Å²) < 4.78 is 37.1. The molecule has 0 aliphatic heterocycles. The highest BCUT2D eigenvalue weighted by molar-refractivity contribution is 5.88. The second kappa shape index (κ2) is 7.52. The fourth-order valence-electron chi connectivity index (χ4n) is 2.01. The first-order valence-electron chi connectivity index (χ1n) is 7.38. The molecule has 1 heterocycles. The predicted molar refractivity (Wildman–Crippen MR) is 84.8 cm³/mol. The molecule has 0 bridgehead atoms. The molecule has 0 atom stereocenters. The average Bonchev–Trinajstić information content (AvgIpc) is 3.04. The van der Waals surface area contributed by atoms with Gasteiger partial charge in [-0.15, -0.1) is 5.10 Å². The monoisotopic (exact) mass is 345 g/mol. The van der Waals surface area contributed by atoms with Crippen LogP contribution in [0.4, 0.5) is 14.8 Å². The summed E-state index contributed by atoms with van der Waals surface area (Å²) in [6.45, 7) is 0.170. The summed E-state index contributed by atoms with van der Waals surface area (Å²) in [4.78, 5) is 11.8. The molecule has 3 aromatic rings. The number of hydrogen-bond donors (Lipinski definition) is 1. The lowest BCUT2D eigenvalue weighted by atomic mass is 10.2. The number of carbonyl (C=O) groups is 1. The van der Waals surface area contributed by atoms with E-state index < -0.39 is 17.5 Å². The number of para-hydroxylation sites is 1. The van der Waals surface area contributed by atoms with Crippen molar-refractivity contribution in [2.45, 2.75) is 6.42 Å². The van der Waals surface area contributed by atoms with Crippen LogP contribution in [0.2, 0.25) is 0 Å². The second-order valence-electron chi connectivity index (χ2n) is 5.00. The first kappa shape index (κ1) is 16.6. The van der Waals surface area contributed by atoms with E-state index in [1.807, 2.05) is 18.2 Å². The van der Waals surface area contributed by atoms with Crippen LogP contribution in [0.5, 0.6) is 5.75 Å². The zero-order valence-corrected chi connectivity index (χ0v) is 12.9. The molecule has 0 saturated heterocycles. The van der Waals surface area contributed by atoms with E-state index in [0.717, 1.165) is 6.07 Å². The molecule has 0 unspecified atom stereocenters. The van der Waals surface area contributed by atoms with E-state index >= 15 is 0 Å². The van der Waals surface area contributed by atoms with Gasteiger partial charge in [0.15, 0.2) is 0 Å². The Balaban J connectivity index is 1.55. The Morgan fingerprint density at radius 1 is 1.12 bits per heavy atom. The number of ether oxygens (including phenoxy) is 1. The van der Waals surface area contributed by atoms with Crippen molar-refractivity contribution in [1.82, 2.24) is 10.2 Å². The Morgan fingerprint density at radius 3 is 2.68 bits per heavy atom. The lowest BCUT2D eigenvalue weighted by Crippen LogP contribution is -2.15. The molecule has 1 aromatic heterocycles. The predicted octanol–water partition coefficient (Wildman–Crippen LogP) is 3.42. The molecule has 0 spiro atoms. The molecule has 0 fully saturated rings. The van der Waals surface area contributed by atoms with Gasteiger partial charge in [-0.2, -0.15) is 0 Å². The van der Waals surface area contributed by atoms with Crippen LogP contribution in [0.3, 0.4) is 0 Å². The Hall–Kier alpha value is -3.29. The quantitative estimate of drug-likeness (QED) is 0.741. The van der Waals surface area contributed by atoms with E-state index in [1.165, 1.54) is 6.07 Å². The van der Waals surface area contributed by atoms with Gasteiger partial charge in [-0.25, -0.2) is 8.78 Å². The van der Waals surface area contributed by atoms with E-state index in [1.54, 1.807) is 12.1 Å². The van der Waals surface area contributed by atoms with Crippen molar-refractivity contribution >= 4 is 11.9 Å². The summed E-state index contributed by atoms with van der Waals surface area (Å²) in [5.74, 6) is -1.45. The zero-order chi connectivity index (χ0) is 17.6. The van der Waals surface area contributed by atoms with Crippen molar-refractivity contribution in [2.75, 3.05) is 11.9 Å². The number of hydrogen-bond acceptors (Lipinski definition) is 5. The Morgan fingerprint density at radius 2 is 1.92 bits per heavy atom. The van der Waals surface area contributed by atoms with Gasteiger partial charge >= 0.3 is 6.01 Å². The minimum Gasteiger partial charge on any atom is -0.493 e. The molecule has 6 nitrogen and oxygen atoms in total. The van der Waals surface area contributed by atoms with Gasteiger partial charge in [0, 0.05) is 6.07 Å². The highest BCUT2D eigenvalue weighted by Crippen LogP contribution is 2.23. The van der Waals surface area contributed by atoms with Crippen LogP contribution in [0.15, 0.2) is 52.9 Å². The van der Waals surface area contributed by atoms with Crippen molar-refractivity contribution in [3.05, 3.63) is 60.2 Å². The third-order valence-electron chi connectivity index (χ3n) is 3.17. The smallest absolute Gasteiger partial charge is 0.322 e. The second-order valence-corrected chi connectivity index (χ2v) is 5.00. The molecule has 0 radical (unpaired) electrons. The third kappa shape index (κ3) is 4.37. The standard InChI is InChI=1S/C17H13F2N3O3/c18-11-6-7-13(14(19)10-11)16-21-22-17(25-16)20-15(23)8-9-24-12-4-2-1-3-5-12/h1-7,10H,8-9H2,(H,20,22,23). The molecule has 0 saturated carbocycles. The summed E-state index contributed by atoms with van der Waals surface area (Å²) >= 11 is 0. The number of benzene rings is 2. The molecule has 3 rings (SSSR count). The summed E-state index contributed by atoms with van der Waals surface area (Å²) in [6.07, 6.45) is 0.0670. The van der Waals surface area contributed by atoms with Crippen molar-refractivity contribution in [3.63, 3.8) is 0 Å². The first-order valence-corrected chi connectivity index (χ1v) is 7.38. The topological polar surface area (TPSA) is 77.2 Å². The molecule has 0 aliphatic rings. The molecule has 128 valence electrons. The minimum absolute atomic E-state index is 0.0539. The SMILES string of the molecule is O=C(CCOc1ccccc1)Nc1nnc(-c2ccc(F)cc2F)o1. The van der Waals surface area contributed by atoms with Gasteiger partial charge in [0.05, 0.1) is 18.6 Å². The maximum Gasteiger partial charge on any atom is 0.322 e. The van der Waals surface area contributed by atoms with Crippen LogP contribution in [0.1, 0.15) is 6.42 Å². The van der Waals surface area contributed by atoms with Gasteiger partial charge in [-0.05, 0) is 24.3 Å². The normalized spacial score (nSPS) is 10.5. The van der Waals surface area contributed by atoms with Crippen LogP contribution >= 0.6 is 0 Å². The van der Waals surface area contributed by atoms with Crippen LogP contribution < -0.4 is 10.1 Å². The molecule has 0 aliphatic carbocycles. The zero-order valence-electron chi connectivity index (χ0n) is 12.9. The maximum atomic E-state index is 13.7. The fraction of sp³-hybridized carbons (Fsp3) is 0.118. The molecule has 8 heteroatoms. The van der Waals surface area contributed by atoms with Crippen molar-refractivity contribution in [2.24, 2.45) is 0 Å². The Labute approximate surface area is 141 Å². The van der Waals surface area contributed by atoms with Crippen LogP contribution in [0.25, 0.3) is 11.5 Å². The van der Waals surface area contributed by atoms with E-state index in [9.17, 15) is 13.6 Å². The average molecular weight is 345 g/mol. The molecular weight excluding hydrogens is 332 g/mol. The summed E-state index contributed by atoms with van der Waals surface area (Å²) in [5, 5.41) is 9.64. The number of amides is 1. The Bertz CT molecular complexity index is 869. The van der Waals surface area contributed by atoms with Crippen molar-refractivity contribution < 1.29 is 22.7 Å². The van der Waals surface area contributed by atoms with Gasteiger partial charge in [-0.3, -0.25) is 10.1 Å². The summed E-state index contributed by atoms with van der Waals surface area (Å²) in [6, 6.07) is 11.8. The summed E-state index contributed by atoms with van der Waals surface area (Å²) in [5.41, 5.74) is -0.0539. The Kier molecular flexibility index (Phi) is 4.98. The van der Waals surface area contributed by atoms with Crippen molar-refractivity contribution in [1.29, 1.82) is 0 Å². The van der Waals surface area contributed by atoms with Crippen LogP contribution in [0, 0.1) is 11.6 Å². The molecular formula is C17H13F2N3O3. The molecule has 1 N–H and O–H groups in total. The highest BCUT2D eigenvalue weighted by Gasteiger charge is 2.15. The number of nitrogens with one attached hydrogen (secondary N) is 1. The van der Waals surface area contributed by atoms with E-state index in [-0.39, 0.29) is 30.5 Å². The third-order valence-corrected chi connectivity index (χ3v) is 3.17. The number of nitrogens with zero attached hydrogens (tertiary/aromatic N) is 2. The minimum atomic E-state index is -0.835. The lowest BCUT2D eigenvalue weighted by molar-refractivity contribution is -0.116. The van der Waals surface area contributed by atoms with Gasteiger partial charge in [0.1, 0.15) is 17.4 Å².